The number of piperidine rings is 1. The third-order valence-corrected chi connectivity index (χ3v) is 6.61. The van der Waals surface area contributed by atoms with Crippen molar-refractivity contribution in [3.63, 3.8) is 0 Å². The van der Waals surface area contributed by atoms with Crippen molar-refractivity contribution in [1.29, 1.82) is 0 Å². The maximum atomic E-state index is 14.5. The summed E-state index contributed by atoms with van der Waals surface area (Å²) in [6, 6.07) is 3.41. The lowest BCUT2D eigenvalue weighted by Crippen LogP contribution is -2.45. The maximum Gasteiger partial charge on any atom is 0.414 e. The summed E-state index contributed by atoms with van der Waals surface area (Å²) >= 11 is 0. The Morgan fingerprint density at radius 1 is 1.24 bits per heavy atom. The van der Waals surface area contributed by atoms with Crippen LogP contribution in [0.15, 0.2) is 23.1 Å². The average molecular weight is 487 g/mol. The second kappa shape index (κ2) is 9.46. The van der Waals surface area contributed by atoms with Crippen LogP contribution in [0.5, 0.6) is 0 Å². The second-order valence-electron chi connectivity index (χ2n) is 9.43. The number of benzene rings is 1. The average Bonchev–Trinajstić information content (AvgIpc) is 3.08. The molecule has 0 N–H and O–H groups in total. The minimum Gasteiger partial charge on any atom is -0.444 e. The largest absolute Gasteiger partial charge is 0.444 e. The van der Waals surface area contributed by atoms with Gasteiger partial charge in [-0.2, -0.15) is 0 Å². The molecule has 3 rings (SSSR count). The molecule has 2 atom stereocenters. The summed E-state index contributed by atoms with van der Waals surface area (Å²) in [4.78, 5) is 27.2. The van der Waals surface area contributed by atoms with Gasteiger partial charge in [0.05, 0.1) is 29.3 Å². The summed E-state index contributed by atoms with van der Waals surface area (Å²) < 4.78 is 54.6. The summed E-state index contributed by atoms with van der Waals surface area (Å²) in [6.45, 7) is 8.32. The number of carbonyl (C=O) groups is 2. The van der Waals surface area contributed by atoms with Crippen LogP contribution in [0.25, 0.3) is 0 Å². The number of nitrogens with zero attached hydrogens (tertiary/aromatic N) is 2. The Balaban J connectivity index is 1.55. The Labute approximate surface area is 193 Å². The monoisotopic (exact) mass is 486 g/mol. The van der Waals surface area contributed by atoms with Gasteiger partial charge in [-0.05, 0) is 58.7 Å². The molecule has 2 amide bonds. The lowest BCUT2D eigenvalue weighted by molar-refractivity contribution is -0.0769. The van der Waals surface area contributed by atoms with Gasteiger partial charge in [-0.1, -0.05) is 0 Å². The van der Waals surface area contributed by atoms with Crippen LogP contribution < -0.4 is 4.90 Å². The Morgan fingerprint density at radius 2 is 1.88 bits per heavy atom. The second-order valence-corrected chi connectivity index (χ2v) is 11.4. The smallest absolute Gasteiger partial charge is 0.414 e. The molecule has 1 aromatic rings. The Kier molecular flexibility index (Phi) is 7.23. The minimum absolute atomic E-state index is 0.0484. The number of carbonyl (C=O) groups excluding carboxylic acids is 2. The number of anilines is 1. The fourth-order valence-electron chi connectivity index (χ4n) is 3.76. The van der Waals surface area contributed by atoms with Gasteiger partial charge < -0.3 is 19.1 Å². The molecular formula is C22H31FN2O7S. The highest BCUT2D eigenvalue weighted by molar-refractivity contribution is 7.90. The van der Waals surface area contributed by atoms with E-state index in [0.29, 0.717) is 25.9 Å². The van der Waals surface area contributed by atoms with Crippen LogP contribution in [-0.2, 0) is 24.0 Å². The summed E-state index contributed by atoms with van der Waals surface area (Å²) in [6.07, 6.45) is -0.0218. The molecule has 2 aliphatic rings. The van der Waals surface area contributed by atoms with Crippen molar-refractivity contribution in [1.82, 2.24) is 4.90 Å². The number of ether oxygens (including phenoxy) is 3. The summed E-state index contributed by atoms with van der Waals surface area (Å²) in [5.74, 6) is -0.821. The number of sulfone groups is 1. The first-order chi connectivity index (χ1) is 15.2. The van der Waals surface area contributed by atoms with Gasteiger partial charge in [0.15, 0.2) is 9.84 Å². The first-order valence-electron chi connectivity index (χ1n) is 10.9. The van der Waals surface area contributed by atoms with Gasteiger partial charge in [0.25, 0.3) is 0 Å². The Bertz CT molecular complexity index is 1000. The summed E-state index contributed by atoms with van der Waals surface area (Å²) in [5, 5.41) is 0. The highest BCUT2D eigenvalue weighted by Crippen LogP contribution is 2.29. The zero-order chi connectivity index (χ0) is 24.6. The lowest BCUT2D eigenvalue weighted by Gasteiger charge is -2.34. The maximum absolute atomic E-state index is 14.5. The molecule has 0 aromatic heterocycles. The molecule has 2 unspecified atom stereocenters. The molecule has 9 nitrogen and oxygen atoms in total. The van der Waals surface area contributed by atoms with E-state index < -0.39 is 39.6 Å². The van der Waals surface area contributed by atoms with Gasteiger partial charge in [-0.25, -0.2) is 22.4 Å². The fraction of sp³-hybridized carbons (Fsp3) is 0.636. The molecule has 184 valence electrons. The third kappa shape index (κ3) is 6.35. The van der Waals surface area contributed by atoms with Crippen molar-refractivity contribution in [2.45, 2.75) is 69.3 Å². The molecule has 11 heteroatoms. The first-order valence-corrected chi connectivity index (χ1v) is 12.7. The van der Waals surface area contributed by atoms with E-state index in [4.69, 9.17) is 14.2 Å². The lowest BCUT2D eigenvalue weighted by atomic mass is 10.1. The number of hydrogen-bond acceptors (Lipinski definition) is 7. The Morgan fingerprint density at radius 3 is 2.42 bits per heavy atom. The van der Waals surface area contributed by atoms with Crippen LogP contribution in [0.1, 0.15) is 40.5 Å². The van der Waals surface area contributed by atoms with Crippen LogP contribution in [0, 0.1) is 5.82 Å². The molecule has 2 fully saturated rings. The number of likely N-dealkylation sites (tertiary alicyclic amines) is 1. The van der Waals surface area contributed by atoms with Crippen molar-refractivity contribution in [2.24, 2.45) is 0 Å². The van der Waals surface area contributed by atoms with E-state index in [1.807, 2.05) is 20.8 Å². The molecule has 0 saturated carbocycles. The molecule has 1 aromatic carbocycles. The van der Waals surface area contributed by atoms with Crippen molar-refractivity contribution < 1.29 is 36.6 Å². The molecule has 2 saturated heterocycles. The van der Waals surface area contributed by atoms with Crippen molar-refractivity contribution in [3.05, 3.63) is 24.0 Å². The SMILES string of the molecule is CC(OC1CCN(C(=O)OC(C)(C)C)CC1)C1CN(c2ccc(S(C)(=O)=O)cc2F)C(=O)O1. The van der Waals surface area contributed by atoms with Crippen LogP contribution in [0.2, 0.25) is 0 Å². The van der Waals surface area contributed by atoms with E-state index in [1.54, 1.807) is 11.8 Å². The molecule has 0 bridgehead atoms. The first kappa shape index (κ1) is 25.2. The van der Waals surface area contributed by atoms with E-state index >= 15 is 0 Å². The number of halogens is 1. The predicted octanol–water partition coefficient (Wildman–Crippen LogP) is 3.36. The quantitative estimate of drug-likeness (QED) is 0.629. The third-order valence-electron chi connectivity index (χ3n) is 5.50. The predicted molar refractivity (Wildman–Crippen MR) is 119 cm³/mol. The highest BCUT2D eigenvalue weighted by atomic mass is 32.2. The fourth-order valence-corrected chi connectivity index (χ4v) is 4.39. The van der Waals surface area contributed by atoms with Gasteiger partial charge >= 0.3 is 12.2 Å². The summed E-state index contributed by atoms with van der Waals surface area (Å²) in [5.41, 5.74) is -0.602. The molecule has 0 aliphatic carbocycles. The molecule has 0 radical (unpaired) electrons. The standard InChI is InChI=1S/C22H31FN2O7S/c1-14(30-15-8-10-24(11-9-15)20(26)32-22(2,3)4)19-13-25(21(27)31-19)18-7-6-16(12-17(18)23)33(5,28)29/h6-7,12,14-15,19H,8-11,13H2,1-5H3. The number of amides is 2. The zero-order valence-electron chi connectivity index (χ0n) is 19.5. The van der Waals surface area contributed by atoms with Crippen molar-refractivity contribution >= 4 is 27.7 Å². The van der Waals surface area contributed by atoms with Gasteiger partial charge in [0.2, 0.25) is 0 Å². The van der Waals surface area contributed by atoms with Crippen molar-refractivity contribution in [3.8, 4) is 0 Å². The number of cyclic esters (lactones) is 1. The van der Waals surface area contributed by atoms with E-state index in [1.165, 1.54) is 12.1 Å². The van der Waals surface area contributed by atoms with E-state index in [2.05, 4.69) is 0 Å². The molecule has 33 heavy (non-hydrogen) atoms. The zero-order valence-corrected chi connectivity index (χ0v) is 20.4. The van der Waals surface area contributed by atoms with E-state index in [9.17, 15) is 22.4 Å². The van der Waals surface area contributed by atoms with Crippen LogP contribution in [0.4, 0.5) is 19.7 Å². The van der Waals surface area contributed by atoms with Gasteiger partial charge in [-0.3, -0.25) is 4.90 Å². The highest BCUT2D eigenvalue weighted by Gasteiger charge is 2.39. The Hall–Kier alpha value is -2.40. The number of rotatable bonds is 5. The molecule has 2 heterocycles. The normalized spacial score (nSPS) is 21.2. The van der Waals surface area contributed by atoms with E-state index in [-0.39, 0.29) is 29.3 Å². The van der Waals surface area contributed by atoms with Gasteiger partial charge in [0, 0.05) is 19.3 Å². The van der Waals surface area contributed by atoms with Crippen molar-refractivity contribution in [2.75, 3.05) is 30.8 Å². The molecule has 0 spiro atoms. The van der Waals surface area contributed by atoms with Gasteiger partial charge in [-0.15, -0.1) is 0 Å². The molecular weight excluding hydrogens is 455 g/mol. The van der Waals surface area contributed by atoms with Crippen LogP contribution >= 0.6 is 0 Å². The molecule has 2 aliphatic heterocycles. The van der Waals surface area contributed by atoms with E-state index in [0.717, 1.165) is 17.2 Å². The summed E-state index contributed by atoms with van der Waals surface area (Å²) in [7, 11) is -3.57. The van der Waals surface area contributed by atoms with Crippen LogP contribution in [-0.4, -0.2) is 75.3 Å². The number of hydrogen-bond donors (Lipinski definition) is 0. The minimum atomic E-state index is -3.57. The van der Waals surface area contributed by atoms with Gasteiger partial charge in [0.1, 0.15) is 17.5 Å². The van der Waals surface area contributed by atoms with Crippen LogP contribution in [0.3, 0.4) is 0 Å². The topological polar surface area (TPSA) is 102 Å².